The predicted molar refractivity (Wildman–Crippen MR) is 59.2 cm³/mol. The Morgan fingerprint density at radius 2 is 1.71 bits per heavy atom. The van der Waals surface area contributed by atoms with Crippen molar-refractivity contribution < 1.29 is 4.79 Å². The van der Waals surface area contributed by atoms with Crippen molar-refractivity contribution in [1.29, 1.82) is 0 Å². The summed E-state index contributed by atoms with van der Waals surface area (Å²) in [4.78, 5) is 13.8. The van der Waals surface area contributed by atoms with E-state index in [9.17, 15) is 4.79 Å². The number of ketones is 1. The minimum Gasteiger partial charge on any atom is -0.302 e. The molecule has 2 unspecified atom stereocenters. The minimum absolute atomic E-state index is 0.177. The van der Waals surface area contributed by atoms with Crippen molar-refractivity contribution in [3.05, 3.63) is 0 Å². The van der Waals surface area contributed by atoms with E-state index < -0.39 is 0 Å². The first-order chi connectivity index (χ1) is 6.33. The second-order valence-corrected chi connectivity index (χ2v) is 5.59. The quantitative estimate of drug-likeness (QED) is 0.691. The molecule has 0 aromatic rings. The molecule has 1 heterocycles. The maximum atomic E-state index is 11.4. The molecule has 0 aromatic heterocycles. The molecule has 1 aliphatic rings. The Balaban J connectivity index is 2.50. The highest BCUT2D eigenvalue weighted by molar-refractivity contribution is 5.81. The second kappa shape index (κ2) is 4.01. The molecule has 82 valence electrons. The zero-order valence-corrected chi connectivity index (χ0v) is 10.1. The number of likely N-dealkylation sites (tertiary alicyclic amines) is 1. The van der Waals surface area contributed by atoms with Crippen LogP contribution in [0.5, 0.6) is 0 Å². The highest BCUT2D eigenvalue weighted by Gasteiger charge is 2.32. The summed E-state index contributed by atoms with van der Waals surface area (Å²) in [5.41, 5.74) is -0.177. The highest BCUT2D eigenvalue weighted by Crippen LogP contribution is 2.26. The molecule has 1 aliphatic heterocycles. The number of Topliss-reactive ketones (excluding diaryl/α,β-unsaturated/α-hetero) is 1. The van der Waals surface area contributed by atoms with Crippen LogP contribution in [0.25, 0.3) is 0 Å². The Bertz CT molecular complexity index is 212. The van der Waals surface area contributed by atoms with Crippen molar-refractivity contribution in [2.24, 2.45) is 17.3 Å². The van der Waals surface area contributed by atoms with Crippen LogP contribution in [0.1, 0.15) is 34.6 Å². The van der Waals surface area contributed by atoms with E-state index in [1.165, 1.54) is 0 Å². The van der Waals surface area contributed by atoms with Crippen LogP contribution in [-0.2, 0) is 4.79 Å². The van der Waals surface area contributed by atoms with Crippen LogP contribution in [-0.4, -0.2) is 30.3 Å². The van der Waals surface area contributed by atoms with E-state index in [1.807, 2.05) is 13.8 Å². The molecule has 0 amide bonds. The van der Waals surface area contributed by atoms with Gasteiger partial charge in [0.25, 0.3) is 0 Å². The Morgan fingerprint density at radius 3 is 2.07 bits per heavy atom. The molecule has 0 N–H and O–H groups in total. The topological polar surface area (TPSA) is 20.3 Å². The van der Waals surface area contributed by atoms with Gasteiger partial charge in [-0.15, -0.1) is 0 Å². The fraction of sp³-hybridized carbons (Fsp3) is 0.917. The van der Waals surface area contributed by atoms with Gasteiger partial charge < -0.3 is 4.90 Å². The van der Waals surface area contributed by atoms with E-state index in [4.69, 9.17) is 0 Å². The summed E-state index contributed by atoms with van der Waals surface area (Å²) >= 11 is 0. The van der Waals surface area contributed by atoms with Gasteiger partial charge in [-0.2, -0.15) is 0 Å². The average molecular weight is 197 g/mol. The van der Waals surface area contributed by atoms with Crippen LogP contribution < -0.4 is 0 Å². The smallest absolute Gasteiger partial charge is 0.136 e. The first-order valence-electron chi connectivity index (χ1n) is 5.56. The van der Waals surface area contributed by atoms with Crippen LogP contribution in [0.4, 0.5) is 0 Å². The largest absolute Gasteiger partial charge is 0.302 e. The SMILES string of the molecule is CC(=O)C(C)(C)CN1CC(C)C(C)C1. The number of nitrogens with zero attached hydrogens (tertiary/aromatic N) is 1. The van der Waals surface area contributed by atoms with Crippen LogP contribution >= 0.6 is 0 Å². The molecule has 0 saturated carbocycles. The molecule has 1 rings (SSSR count). The average Bonchev–Trinajstić information content (AvgIpc) is 2.29. The predicted octanol–water partition coefficient (Wildman–Crippen LogP) is 2.19. The van der Waals surface area contributed by atoms with E-state index >= 15 is 0 Å². The first kappa shape index (κ1) is 11.7. The lowest BCUT2D eigenvalue weighted by Gasteiger charge is -2.27. The summed E-state index contributed by atoms with van der Waals surface area (Å²) in [6, 6.07) is 0. The van der Waals surface area contributed by atoms with Crippen molar-refractivity contribution in [1.82, 2.24) is 4.90 Å². The van der Waals surface area contributed by atoms with Gasteiger partial charge in [0.2, 0.25) is 0 Å². The number of carbonyl (C=O) groups excluding carboxylic acids is 1. The second-order valence-electron chi connectivity index (χ2n) is 5.59. The van der Waals surface area contributed by atoms with Crippen LogP contribution in [0.3, 0.4) is 0 Å². The van der Waals surface area contributed by atoms with E-state index in [2.05, 4.69) is 18.7 Å². The monoisotopic (exact) mass is 197 g/mol. The molecule has 0 aliphatic carbocycles. The lowest BCUT2D eigenvalue weighted by atomic mass is 9.88. The molecule has 1 saturated heterocycles. The minimum atomic E-state index is -0.177. The third-order valence-corrected chi connectivity index (χ3v) is 3.64. The maximum absolute atomic E-state index is 11.4. The molecule has 0 aromatic carbocycles. The number of rotatable bonds is 3. The number of carbonyl (C=O) groups is 1. The van der Waals surface area contributed by atoms with Gasteiger partial charge in [0, 0.05) is 25.0 Å². The summed E-state index contributed by atoms with van der Waals surface area (Å²) < 4.78 is 0. The third-order valence-electron chi connectivity index (χ3n) is 3.64. The highest BCUT2D eigenvalue weighted by atomic mass is 16.1. The lowest BCUT2D eigenvalue weighted by Crippen LogP contribution is -2.37. The summed E-state index contributed by atoms with van der Waals surface area (Å²) in [5, 5.41) is 0. The van der Waals surface area contributed by atoms with Crippen LogP contribution in [0.15, 0.2) is 0 Å². The van der Waals surface area contributed by atoms with Gasteiger partial charge in [-0.3, -0.25) is 4.79 Å². The van der Waals surface area contributed by atoms with Gasteiger partial charge in [-0.05, 0) is 18.8 Å². The van der Waals surface area contributed by atoms with Crippen molar-refractivity contribution in [2.75, 3.05) is 19.6 Å². The zero-order valence-electron chi connectivity index (χ0n) is 10.1. The van der Waals surface area contributed by atoms with Gasteiger partial charge in [0.05, 0.1) is 0 Å². The summed E-state index contributed by atoms with van der Waals surface area (Å²) in [6.07, 6.45) is 0. The Hall–Kier alpha value is -0.370. The van der Waals surface area contributed by atoms with Crippen molar-refractivity contribution in [3.8, 4) is 0 Å². The molecule has 2 nitrogen and oxygen atoms in total. The summed E-state index contributed by atoms with van der Waals surface area (Å²) in [5.74, 6) is 1.85. The van der Waals surface area contributed by atoms with Crippen LogP contribution in [0.2, 0.25) is 0 Å². The van der Waals surface area contributed by atoms with E-state index in [1.54, 1.807) is 6.92 Å². The van der Waals surface area contributed by atoms with Gasteiger partial charge in [-0.25, -0.2) is 0 Å². The van der Waals surface area contributed by atoms with Crippen molar-refractivity contribution in [3.63, 3.8) is 0 Å². The van der Waals surface area contributed by atoms with Crippen molar-refractivity contribution >= 4 is 5.78 Å². The third kappa shape index (κ3) is 2.57. The molecule has 2 heteroatoms. The Labute approximate surface area is 87.7 Å². The van der Waals surface area contributed by atoms with Gasteiger partial charge >= 0.3 is 0 Å². The standard InChI is InChI=1S/C12H23NO/c1-9-6-13(7-10(9)2)8-12(4,5)11(3)14/h9-10H,6-8H2,1-5H3. The van der Waals surface area contributed by atoms with E-state index in [-0.39, 0.29) is 5.41 Å². The zero-order chi connectivity index (χ0) is 10.9. The Morgan fingerprint density at radius 1 is 1.29 bits per heavy atom. The molecule has 0 bridgehead atoms. The van der Waals surface area contributed by atoms with Gasteiger partial charge in [0.1, 0.15) is 5.78 Å². The maximum Gasteiger partial charge on any atom is 0.136 e. The molecule has 1 fully saturated rings. The fourth-order valence-electron chi connectivity index (χ4n) is 2.05. The van der Waals surface area contributed by atoms with Gasteiger partial charge in [-0.1, -0.05) is 27.7 Å². The van der Waals surface area contributed by atoms with E-state index in [0.29, 0.717) is 5.78 Å². The lowest BCUT2D eigenvalue weighted by molar-refractivity contribution is -0.125. The van der Waals surface area contributed by atoms with Crippen LogP contribution in [0, 0.1) is 17.3 Å². The molecule has 14 heavy (non-hydrogen) atoms. The molecule has 0 radical (unpaired) electrons. The first-order valence-corrected chi connectivity index (χ1v) is 5.56. The van der Waals surface area contributed by atoms with Gasteiger partial charge in [0.15, 0.2) is 0 Å². The molecule has 2 atom stereocenters. The molecular formula is C12H23NO. The fourth-order valence-corrected chi connectivity index (χ4v) is 2.05. The number of hydrogen-bond donors (Lipinski definition) is 0. The summed E-state index contributed by atoms with van der Waals surface area (Å²) in [7, 11) is 0. The Kier molecular flexibility index (Phi) is 3.36. The molecular weight excluding hydrogens is 174 g/mol. The van der Waals surface area contributed by atoms with E-state index in [0.717, 1.165) is 31.5 Å². The molecule has 0 spiro atoms. The normalized spacial score (nSPS) is 29.5. The van der Waals surface area contributed by atoms with Crippen molar-refractivity contribution in [2.45, 2.75) is 34.6 Å². The summed E-state index contributed by atoms with van der Waals surface area (Å²) in [6.45, 7) is 13.6. The number of hydrogen-bond acceptors (Lipinski definition) is 2.